The normalized spacial score (nSPS) is 11.7. The zero-order valence-corrected chi connectivity index (χ0v) is 12.2. The molecule has 5 rings (SSSR count). The van der Waals surface area contributed by atoms with E-state index in [1.54, 1.807) is 0 Å². The van der Waals surface area contributed by atoms with Gasteiger partial charge in [-0.25, -0.2) is 0 Å². The Morgan fingerprint density at radius 3 is 2.26 bits per heavy atom. The van der Waals surface area contributed by atoms with Gasteiger partial charge >= 0.3 is 0 Å². The first-order valence-corrected chi connectivity index (χ1v) is 7.54. The lowest BCUT2D eigenvalue weighted by Crippen LogP contribution is -2.11. The van der Waals surface area contributed by atoms with Crippen LogP contribution in [-0.4, -0.2) is 9.38 Å². The zero-order valence-electron chi connectivity index (χ0n) is 12.2. The van der Waals surface area contributed by atoms with Gasteiger partial charge in [0.05, 0.1) is 10.9 Å². The second-order valence-electron chi connectivity index (χ2n) is 5.69. The van der Waals surface area contributed by atoms with Crippen molar-refractivity contribution in [2.24, 2.45) is 0 Å². The molecule has 0 saturated heterocycles. The summed E-state index contributed by atoms with van der Waals surface area (Å²) < 4.78 is 2.01. The first-order valence-electron chi connectivity index (χ1n) is 7.54. The van der Waals surface area contributed by atoms with E-state index >= 15 is 0 Å². The SMILES string of the molecule is O=c1nc2c3ccccc3ccn2c2ccc3ccccc3c12. The van der Waals surface area contributed by atoms with Crippen LogP contribution < -0.4 is 5.56 Å². The smallest absolute Gasteiger partial charge is 0.281 e. The quantitative estimate of drug-likeness (QED) is 0.402. The summed E-state index contributed by atoms with van der Waals surface area (Å²) in [5, 5.41) is 4.75. The Balaban J connectivity index is 2.11. The second kappa shape index (κ2) is 4.40. The van der Waals surface area contributed by atoms with Crippen molar-refractivity contribution in [1.29, 1.82) is 0 Å². The van der Waals surface area contributed by atoms with Crippen molar-refractivity contribution in [3.63, 3.8) is 0 Å². The van der Waals surface area contributed by atoms with Crippen molar-refractivity contribution in [3.05, 3.63) is 83.3 Å². The Kier molecular flexibility index (Phi) is 2.36. The fraction of sp³-hybridized carbons (Fsp3) is 0. The Hall–Kier alpha value is -3.20. The van der Waals surface area contributed by atoms with Gasteiger partial charge in [-0.3, -0.25) is 4.79 Å². The van der Waals surface area contributed by atoms with Crippen molar-refractivity contribution in [2.45, 2.75) is 0 Å². The lowest BCUT2D eigenvalue weighted by Gasteiger charge is -2.10. The van der Waals surface area contributed by atoms with Crippen LogP contribution in [0.5, 0.6) is 0 Å². The lowest BCUT2D eigenvalue weighted by molar-refractivity contribution is 1.15. The van der Waals surface area contributed by atoms with E-state index in [-0.39, 0.29) is 5.56 Å². The number of fused-ring (bicyclic) bond motifs is 7. The van der Waals surface area contributed by atoms with Crippen molar-refractivity contribution in [1.82, 2.24) is 9.38 Å². The van der Waals surface area contributed by atoms with E-state index < -0.39 is 0 Å². The number of hydrogen-bond acceptors (Lipinski definition) is 2. The highest BCUT2D eigenvalue weighted by Crippen LogP contribution is 2.25. The van der Waals surface area contributed by atoms with Gasteiger partial charge in [0.2, 0.25) is 0 Å². The van der Waals surface area contributed by atoms with Crippen molar-refractivity contribution in [3.8, 4) is 0 Å². The molecule has 0 unspecified atom stereocenters. The summed E-state index contributed by atoms with van der Waals surface area (Å²) in [5.74, 6) is 0. The standard InChI is InChI=1S/C20H12N2O/c23-20-18-15-7-3-1-5-13(15)9-10-17(18)22-12-11-14-6-2-4-8-16(14)19(22)21-20/h1-12H. The van der Waals surface area contributed by atoms with Gasteiger partial charge in [0.15, 0.2) is 0 Å². The van der Waals surface area contributed by atoms with E-state index in [0.29, 0.717) is 11.0 Å². The predicted molar refractivity (Wildman–Crippen MR) is 94.0 cm³/mol. The lowest BCUT2D eigenvalue weighted by atomic mass is 10.1. The van der Waals surface area contributed by atoms with E-state index in [2.05, 4.69) is 17.1 Å². The third kappa shape index (κ3) is 1.64. The molecule has 2 aromatic heterocycles. The molecule has 0 N–H and O–H groups in total. The molecule has 0 aliphatic rings. The maximum absolute atomic E-state index is 12.7. The molecule has 0 atom stereocenters. The van der Waals surface area contributed by atoms with Crippen LogP contribution in [0.4, 0.5) is 0 Å². The molecule has 5 aromatic rings. The maximum Gasteiger partial charge on any atom is 0.281 e. The molecule has 2 heterocycles. The van der Waals surface area contributed by atoms with Crippen molar-refractivity contribution in [2.75, 3.05) is 0 Å². The van der Waals surface area contributed by atoms with Crippen LogP contribution in [-0.2, 0) is 0 Å². The van der Waals surface area contributed by atoms with Gasteiger partial charge in [0.25, 0.3) is 5.56 Å². The second-order valence-corrected chi connectivity index (χ2v) is 5.69. The number of aromatic nitrogens is 2. The number of hydrogen-bond donors (Lipinski definition) is 0. The summed E-state index contributed by atoms with van der Waals surface area (Å²) >= 11 is 0. The van der Waals surface area contributed by atoms with E-state index in [1.165, 1.54) is 0 Å². The number of nitrogens with zero attached hydrogens (tertiary/aromatic N) is 2. The monoisotopic (exact) mass is 296 g/mol. The largest absolute Gasteiger partial charge is 0.300 e. The Morgan fingerprint density at radius 2 is 1.43 bits per heavy atom. The molecule has 0 bridgehead atoms. The first kappa shape index (κ1) is 12.4. The highest BCUT2D eigenvalue weighted by atomic mass is 16.1. The van der Waals surface area contributed by atoms with Gasteiger partial charge in [-0.2, -0.15) is 4.98 Å². The van der Waals surface area contributed by atoms with Gasteiger partial charge in [0, 0.05) is 11.6 Å². The third-order valence-corrected chi connectivity index (χ3v) is 4.42. The minimum atomic E-state index is -0.173. The molecule has 0 spiro atoms. The molecule has 0 amide bonds. The molecule has 0 aliphatic heterocycles. The summed E-state index contributed by atoms with van der Waals surface area (Å²) in [6.45, 7) is 0. The van der Waals surface area contributed by atoms with E-state index in [0.717, 1.165) is 27.1 Å². The average molecular weight is 296 g/mol. The summed E-state index contributed by atoms with van der Waals surface area (Å²) in [7, 11) is 0. The Labute approximate surface area is 131 Å². The van der Waals surface area contributed by atoms with E-state index in [1.807, 2.05) is 65.2 Å². The maximum atomic E-state index is 12.7. The molecular formula is C20H12N2O. The van der Waals surface area contributed by atoms with Crippen LogP contribution >= 0.6 is 0 Å². The summed E-state index contributed by atoms with van der Waals surface area (Å²) in [6, 6.07) is 22.0. The van der Waals surface area contributed by atoms with Crippen molar-refractivity contribution >= 4 is 38.1 Å². The van der Waals surface area contributed by atoms with E-state index in [4.69, 9.17) is 0 Å². The van der Waals surface area contributed by atoms with E-state index in [9.17, 15) is 4.79 Å². The molecule has 0 fully saturated rings. The van der Waals surface area contributed by atoms with Gasteiger partial charge in [-0.15, -0.1) is 0 Å². The van der Waals surface area contributed by atoms with Crippen LogP contribution in [0.3, 0.4) is 0 Å². The van der Waals surface area contributed by atoms with Crippen molar-refractivity contribution < 1.29 is 0 Å². The van der Waals surface area contributed by atoms with Gasteiger partial charge < -0.3 is 4.40 Å². The minimum absolute atomic E-state index is 0.173. The molecule has 0 saturated carbocycles. The number of benzene rings is 3. The Bertz CT molecular complexity index is 1290. The summed E-state index contributed by atoms with van der Waals surface area (Å²) in [4.78, 5) is 17.1. The molecule has 3 aromatic carbocycles. The molecule has 23 heavy (non-hydrogen) atoms. The third-order valence-electron chi connectivity index (χ3n) is 4.42. The number of rotatable bonds is 0. The van der Waals surface area contributed by atoms with Crippen LogP contribution in [0.15, 0.2) is 77.7 Å². The van der Waals surface area contributed by atoms with Crippen LogP contribution in [0, 0.1) is 0 Å². The molecule has 0 radical (unpaired) electrons. The first-order chi connectivity index (χ1) is 11.3. The fourth-order valence-corrected chi connectivity index (χ4v) is 3.35. The molecule has 0 aliphatic carbocycles. The Morgan fingerprint density at radius 1 is 0.739 bits per heavy atom. The molecular weight excluding hydrogens is 284 g/mol. The number of pyridine rings is 1. The van der Waals surface area contributed by atoms with Crippen LogP contribution in [0.25, 0.3) is 38.1 Å². The molecule has 3 heteroatoms. The zero-order chi connectivity index (χ0) is 15.4. The molecule has 108 valence electrons. The highest BCUT2D eigenvalue weighted by molar-refractivity contribution is 6.07. The fourth-order valence-electron chi connectivity index (χ4n) is 3.35. The van der Waals surface area contributed by atoms with Crippen LogP contribution in [0.2, 0.25) is 0 Å². The summed E-state index contributed by atoms with van der Waals surface area (Å²) in [6.07, 6.45) is 1.99. The summed E-state index contributed by atoms with van der Waals surface area (Å²) in [5.41, 5.74) is 1.42. The molecule has 3 nitrogen and oxygen atoms in total. The minimum Gasteiger partial charge on any atom is -0.300 e. The van der Waals surface area contributed by atoms with Gasteiger partial charge in [-0.05, 0) is 28.3 Å². The highest BCUT2D eigenvalue weighted by Gasteiger charge is 2.10. The van der Waals surface area contributed by atoms with Gasteiger partial charge in [0.1, 0.15) is 5.65 Å². The average Bonchev–Trinajstić information content (AvgIpc) is 2.61. The van der Waals surface area contributed by atoms with Gasteiger partial charge in [-0.1, -0.05) is 54.6 Å². The topological polar surface area (TPSA) is 34.4 Å². The predicted octanol–water partition coefficient (Wildman–Crippen LogP) is 4.15. The van der Waals surface area contributed by atoms with Crippen LogP contribution in [0.1, 0.15) is 0 Å².